The zero-order chi connectivity index (χ0) is 16.9. The summed E-state index contributed by atoms with van der Waals surface area (Å²) in [5.74, 6) is 0. The number of rotatable bonds is 1. The molecule has 0 heterocycles. The molecule has 1 nitrogen and oxygen atoms in total. The molecule has 0 aliphatic carbocycles. The normalized spacial score (nSPS) is 16.7. The van der Waals surface area contributed by atoms with E-state index in [-0.39, 0.29) is 5.56 Å². The molecule has 0 saturated heterocycles. The van der Waals surface area contributed by atoms with Gasteiger partial charge in [-0.25, -0.2) is 0 Å². The molecule has 0 spiro atoms. The molecule has 1 aromatic carbocycles. The lowest BCUT2D eigenvalue weighted by Crippen LogP contribution is -2.43. The van der Waals surface area contributed by atoms with E-state index < -0.39 is 22.6 Å². The van der Waals surface area contributed by atoms with Gasteiger partial charge in [0.25, 0.3) is 0 Å². The van der Waals surface area contributed by atoms with Crippen LogP contribution in [0.4, 0.5) is 13.2 Å². The average molecular weight is 302 g/mol. The minimum Gasteiger partial charge on any atom is -0.376 e. The van der Waals surface area contributed by atoms with Crippen molar-refractivity contribution in [2.45, 2.75) is 71.1 Å². The molecule has 1 atom stereocenters. The van der Waals surface area contributed by atoms with Crippen molar-refractivity contribution in [3.8, 4) is 0 Å². The second kappa shape index (κ2) is 5.01. The Morgan fingerprint density at radius 3 is 1.33 bits per heavy atom. The highest BCUT2D eigenvalue weighted by Crippen LogP contribution is 2.46. The van der Waals surface area contributed by atoms with E-state index in [2.05, 4.69) is 0 Å². The number of benzene rings is 1. The van der Waals surface area contributed by atoms with Gasteiger partial charge in [-0.15, -0.1) is 0 Å². The molecule has 1 aromatic rings. The second-order valence-corrected chi connectivity index (χ2v) is 7.80. The van der Waals surface area contributed by atoms with Crippen LogP contribution in [0.15, 0.2) is 18.2 Å². The lowest BCUT2D eigenvalue weighted by Gasteiger charge is -2.37. The van der Waals surface area contributed by atoms with Crippen LogP contribution in [0.2, 0.25) is 0 Å². The Kier molecular flexibility index (Phi) is 4.30. The van der Waals surface area contributed by atoms with Crippen molar-refractivity contribution in [2.75, 3.05) is 0 Å². The fourth-order valence-electron chi connectivity index (χ4n) is 2.47. The molecule has 0 saturated carbocycles. The van der Waals surface area contributed by atoms with Gasteiger partial charge < -0.3 is 5.11 Å². The zero-order valence-corrected chi connectivity index (χ0v) is 13.8. The van der Waals surface area contributed by atoms with Gasteiger partial charge in [0.1, 0.15) is 0 Å². The quantitative estimate of drug-likeness (QED) is 0.769. The smallest absolute Gasteiger partial charge is 0.376 e. The van der Waals surface area contributed by atoms with Gasteiger partial charge in [-0.3, -0.25) is 0 Å². The molecule has 4 heteroatoms. The first-order valence-corrected chi connectivity index (χ1v) is 7.03. The van der Waals surface area contributed by atoms with Crippen LogP contribution in [-0.4, -0.2) is 11.3 Å². The molecule has 1 N–H and O–H groups in total. The summed E-state index contributed by atoms with van der Waals surface area (Å²) in [5, 5.41) is 10.3. The van der Waals surface area contributed by atoms with Gasteiger partial charge in [0.2, 0.25) is 0 Å². The Labute approximate surface area is 125 Å². The van der Waals surface area contributed by atoms with Crippen LogP contribution in [0.25, 0.3) is 0 Å². The fourth-order valence-corrected chi connectivity index (χ4v) is 2.47. The number of aliphatic hydroxyl groups is 1. The third kappa shape index (κ3) is 3.42. The van der Waals surface area contributed by atoms with E-state index in [1.807, 2.05) is 41.5 Å². The highest BCUT2D eigenvalue weighted by Gasteiger charge is 2.54. The van der Waals surface area contributed by atoms with Crippen LogP contribution < -0.4 is 0 Å². The summed E-state index contributed by atoms with van der Waals surface area (Å²) in [7, 11) is 0. The first kappa shape index (κ1) is 18.0. The van der Waals surface area contributed by atoms with Gasteiger partial charge in [0.15, 0.2) is 5.60 Å². The number of halogens is 3. The number of hydrogen-bond acceptors (Lipinski definition) is 1. The molecule has 0 aliphatic rings. The van der Waals surface area contributed by atoms with E-state index in [0.29, 0.717) is 11.1 Å². The molecule has 0 bridgehead atoms. The monoisotopic (exact) mass is 302 g/mol. The van der Waals surface area contributed by atoms with Crippen LogP contribution in [0.5, 0.6) is 0 Å². The standard InChI is InChI=1S/C17H25F3O/c1-14(2,3)11-9-8-10-12(15(4,5)6)13(11)16(7,21)17(18,19)20/h8-10,21H,1-7H3. The van der Waals surface area contributed by atoms with Crippen molar-refractivity contribution in [2.24, 2.45) is 0 Å². The SMILES string of the molecule is CC(C)(C)c1cccc(C(C)(C)C)c1C(C)(O)C(F)(F)F. The van der Waals surface area contributed by atoms with E-state index in [1.165, 1.54) is 0 Å². The second-order valence-electron chi connectivity index (χ2n) is 7.80. The molecule has 0 fully saturated rings. The van der Waals surface area contributed by atoms with Crippen LogP contribution in [-0.2, 0) is 16.4 Å². The molecule has 1 unspecified atom stereocenters. The van der Waals surface area contributed by atoms with Gasteiger partial charge >= 0.3 is 6.18 Å². The summed E-state index contributed by atoms with van der Waals surface area (Å²) in [5.41, 5.74) is -2.83. The molecular formula is C17H25F3O. The maximum Gasteiger partial charge on any atom is 0.421 e. The highest BCUT2D eigenvalue weighted by atomic mass is 19.4. The van der Waals surface area contributed by atoms with E-state index in [9.17, 15) is 18.3 Å². The first-order chi connectivity index (χ1) is 9.10. The van der Waals surface area contributed by atoms with Gasteiger partial charge in [-0.05, 0) is 34.4 Å². The van der Waals surface area contributed by atoms with Gasteiger partial charge in [-0.2, -0.15) is 13.2 Å². The molecule has 1 rings (SSSR count). The highest BCUT2D eigenvalue weighted by molar-refractivity contribution is 5.46. The van der Waals surface area contributed by atoms with Crippen molar-refractivity contribution >= 4 is 0 Å². The van der Waals surface area contributed by atoms with Crippen LogP contribution >= 0.6 is 0 Å². The van der Waals surface area contributed by atoms with Gasteiger partial charge in [-0.1, -0.05) is 59.7 Å². The minimum atomic E-state index is -4.73. The molecule has 0 amide bonds. The number of alkyl halides is 3. The van der Waals surface area contributed by atoms with Gasteiger partial charge in [0, 0.05) is 0 Å². The largest absolute Gasteiger partial charge is 0.421 e. The molecule has 0 radical (unpaired) electrons. The average Bonchev–Trinajstić information content (AvgIpc) is 2.24. The Bertz CT molecular complexity index is 482. The summed E-state index contributed by atoms with van der Waals surface area (Å²) in [6.07, 6.45) is -4.73. The summed E-state index contributed by atoms with van der Waals surface area (Å²) in [6.45, 7) is 12.0. The molecule has 0 aromatic heterocycles. The Morgan fingerprint density at radius 1 is 0.762 bits per heavy atom. The summed E-state index contributed by atoms with van der Waals surface area (Å²) >= 11 is 0. The lowest BCUT2D eigenvalue weighted by molar-refractivity contribution is -0.259. The summed E-state index contributed by atoms with van der Waals surface area (Å²) in [4.78, 5) is 0. The summed E-state index contributed by atoms with van der Waals surface area (Å²) < 4.78 is 40.2. The Morgan fingerprint density at radius 2 is 1.10 bits per heavy atom. The molecule has 120 valence electrons. The Hall–Kier alpha value is -1.03. The molecule has 21 heavy (non-hydrogen) atoms. The lowest BCUT2D eigenvalue weighted by atomic mass is 9.71. The van der Waals surface area contributed by atoms with Crippen LogP contribution in [0.3, 0.4) is 0 Å². The third-order valence-electron chi connectivity index (χ3n) is 3.72. The Balaban J connectivity index is 3.83. The fraction of sp³-hybridized carbons (Fsp3) is 0.647. The van der Waals surface area contributed by atoms with E-state index in [1.54, 1.807) is 18.2 Å². The van der Waals surface area contributed by atoms with Crippen LogP contribution in [0.1, 0.15) is 65.2 Å². The topological polar surface area (TPSA) is 20.2 Å². The van der Waals surface area contributed by atoms with Gasteiger partial charge in [0.05, 0.1) is 0 Å². The van der Waals surface area contributed by atoms with E-state index in [4.69, 9.17) is 0 Å². The minimum absolute atomic E-state index is 0.0162. The predicted octanol–water partition coefficient (Wildman–Crippen LogP) is 5.05. The third-order valence-corrected chi connectivity index (χ3v) is 3.72. The van der Waals surface area contributed by atoms with Crippen molar-refractivity contribution in [3.63, 3.8) is 0 Å². The zero-order valence-electron chi connectivity index (χ0n) is 13.8. The van der Waals surface area contributed by atoms with Crippen molar-refractivity contribution in [1.82, 2.24) is 0 Å². The van der Waals surface area contributed by atoms with E-state index in [0.717, 1.165) is 6.92 Å². The predicted molar refractivity (Wildman–Crippen MR) is 79.5 cm³/mol. The van der Waals surface area contributed by atoms with Crippen LogP contribution in [0, 0.1) is 0 Å². The summed E-state index contributed by atoms with van der Waals surface area (Å²) in [6, 6.07) is 5.10. The van der Waals surface area contributed by atoms with Crippen molar-refractivity contribution in [3.05, 3.63) is 34.9 Å². The number of hydrogen-bond donors (Lipinski definition) is 1. The van der Waals surface area contributed by atoms with Crippen molar-refractivity contribution < 1.29 is 18.3 Å². The first-order valence-electron chi connectivity index (χ1n) is 7.03. The maximum atomic E-state index is 13.4. The van der Waals surface area contributed by atoms with E-state index >= 15 is 0 Å². The molecular weight excluding hydrogens is 277 g/mol. The maximum absolute atomic E-state index is 13.4. The molecule has 0 aliphatic heterocycles. The van der Waals surface area contributed by atoms with Crippen molar-refractivity contribution in [1.29, 1.82) is 0 Å².